The van der Waals surface area contributed by atoms with Gasteiger partial charge in [-0.1, -0.05) is 19.1 Å². The molecule has 0 saturated heterocycles. The first-order valence-corrected chi connectivity index (χ1v) is 7.46. The highest BCUT2D eigenvalue weighted by Gasteiger charge is 2.23. The van der Waals surface area contributed by atoms with Gasteiger partial charge in [0, 0.05) is 25.3 Å². The summed E-state index contributed by atoms with van der Waals surface area (Å²) < 4.78 is 16.4. The Kier molecular flexibility index (Phi) is 8.12. The van der Waals surface area contributed by atoms with Gasteiger partial charge in [-0.05, 0) is 19.5 Å². The second kappa shape index (κ2) is 9.60. The van der Waals surface area contributed by atoms with E-state index < -0.39 is 0 Å². The predicted octanol–water partition coefficient (Wildman–Crippen LogP) is 2.06. The van der Waals surface area contributed by atoms with Crippen LogP contribution in [0.1, 0.15) is 25.5 Å². The van der Waals surface area contributed by atoms with Crippen molar-refractivity contribution in [2.24, 2.45) is 5.73 Å². The molecular weight excluding hydrogens is 268 g/mol. The smallest absolute Gasteiger partial charge is 0.165 e. The Hall–Kier alpha value is -1.30. The average Bonchev–Trinajstić information content (AvgIpc) is 2.53. The van der Waals surface area contributed by atoms with E-state index >= 15 is 0 Å². The minimum Gasteiger partial charge on any atom is -0.493 e. The molecule has 0 radical (unpaired) electrons. The van der Waals surface area contributed by atoms with Crippen LogP contribution in [0.3, 0.4) is 0 Å². The number of methoxy groups -OCH3 is 2. The summed E-state index contributed by atoms with van der Waals surface area (Å²) in [7, 11) is 3.30. The van der Waals surface area contributed by atoms with Gasteiger partial charge >= 0.3 is 0 Å². The molecule has 0 aliphatic carbocycles. The van der Waals surface area contributed by atoms with E-state index in [0.29, 0.717) is 13.2 Å². The molecule has 5 heteroatoms. The van der Waals surface area contributed by atoms with Crippen LogP contribution in [0, 0.1) is 0 Å². The topological polar surface area (TPSA) is 57.0 Å². The van der Waals surface area contributed by atoms with Crippen LogP contribution in [0.15, 0.2) is 18.2 Å². The Morgan fingerprint density at radius 2 is 1.95 bits per heavy atom. The standard InChI is InChI=1S/C16H28N2O3/c1-5-18(10-11-21-6-2)14(12-17)13-8-7-9-15(19-3)16(13)20-4/h7-9,14H,5-6,10-12,17H2,1-4H3. The van der Waals surface area contributed by atoms with Crippen molar-refractivity contribution in [1.82, 2.24) is 4.90 Å². The number of hydrogen-bond donors (Lipinski definition) is 1. The molecule has 0 aromatic heterocycles. The third-order valence-electron chi connectivity index (χ3n) is 3.59. The quantitative estimate of drug-likeness (QED) is 0.670. The maximum atomic E-state index is 6.02. The molecule has 0 amide bonds. The molecule has 5 nitrogen and oxygen atoms in total. The summed E-state index contributed by atoms with van der Waals surface area (Å²) in [6.45, 7) is 7.81. The third-order valence-corrected chi connectivity index (χ3v) is 3.59. The molecule has 0 bridgehead atoms. The largest absolute Gasteiger partial charge is 0.493 e. The van der Waals surface area contributed by atoms with Crippen LogP contribution in [-0.2, 0) is 4.74 Å². The van der Waals surface area contributed by atoms with Crippen LogP contribution in [0.4, 0.5) is 0 Å². The number of ether oxygens (including phenoxy) is 3. The van der Waals surface area contributed by atoms with E-state index in [-0.39, 0.29) is 6.04 Å². The minimum absolute atomic E-state index is 0.0838. The molecule has 0 heterocycles. The van der Waals surface area contributed by atoms with Crippen molar-refractivity contribution >= 4 is 0 Å². The van der Waals surface area contributed by atoms with Crippen molar-refractivity contribution in [3.05, 3.63) is 23.8 Å². The molecule has 0 aliphatic rings. The van der Waals surface area contributed by atoms with E-state index in [0.717, 1.165) is 36.8 Å². The molecule has 0 spiro atoms. The summed E-state index contributed by atoms with van der Waals surface area (Å²) in [6.07, 6.45) is 0. The van der Waals surface area contributed by atoms with Crippen LogP contribution in [0.25, 0.3) is 0 Å². The van der Waals surface area contributed by atoms with Gasteiger partial charge in [0.1, 0.15) is 0 Å². The highest BCUT2D eigenvalue weighted by molar-refractivity contribution is 5.48. The maximum absolute atomic E-state index is 6.02. The summed E-state index contributed by atoms with van der Waals surface area (Å²) in [5, 5.41) is 0. The second-order valence-electron chi connectivity index (χ2n) is 4.66. The number of benzene rings is 1. The van der Waals surface area contributed by atoms with Gasteiger partial charge in [0.2, 0.25) is 0 Å². The summed E-state index contributed by atoms with van der Waals surface area (Å²) in [5.41, 5.74) is 7.08. The van der Waals surface area contributed by atoms with Crippen molar-refractivity contribution < 1.29 is 14.2 Å². The minimum atomic E-state index is 0.0838. The maximum Gasteiger partial charge on any atom is 0.165 e. The summed E-state index contributed by atoms with van der Waals surface area (Å²) in [5.74, 6) is 1.49. The van der Waals surface area contributed by atoms with Crippen LogP contribution >= 0.6 is 0 Å². The molecule has 1 aromatic carbocycles. The first-order valence-electron chi connectivity index (χ1n) is 7.46. The van der Waals surface area contributed by atoms with Gasteiger partial charge in [0.15, 0.2) is 11.5 Å². The van der Waals surface area contributed by atoms with Gasteiger partial charge in [-0.2, -0.15) is 0 Å². The SMILES string of the molecule is CCOCCN(CC)C(CN)c1cccc(OC)c1OC. The fraction of sp³-hybridized carbons (Fsp3) is 0.625. The van der Waals surface area contributed by atoms with Crippen molar-refractivity contribution in [2.75, 3.05) is 47.1 Å². The summed E-state index contributed by atoms with van der Waals surface area (Å²) in [6, 6.07) is 5.99. The number of hydrogen-bond acceptors (Lipinski definition) is 5. The van der Waals surface area contributed by atoms with Gasteiger partial charge in [0.05, 0.1) is 26.9 Å². The Labute approximate surface area is 128 Å². The van der Waals surface area contributed by atoms with E-state index in [1.807, 2.05) is 25.1 Å². The van der Waals surface area contributed by atoms with Gasteiger partial charge in [-0.15, -0.1) is 0 Å². The van der Waals surface area contributed by atoms with Gasteiger partial charge in [-0.25, -0.2) is 0 Å². The number of para-hydroxylation sites is 1. The lowest BCUT2D eigenvalue weighted by Gasteiger charge is -2.31. The predicted molar refractivity (Wildman–Crippen MR) is 85.1 cm³/mol. The van der Waals surface area contributed by atoms with E-state index in [9.17, 15) is 0 Å². The number of likely N-dealkylation sites (N-methyl/N-ethyl adjacent to an activating group) is 1. The highest BCUT2D eigenvalue weighted by atomic mass is 16.5. The zero-order valence-electron chi connectivity index (χ0n) is 13.6. The first-order chi connectivity index (χ1) is 10.2. The van der Waals surface area contributed by atoms with Crippen LogP contribution in [0.2, 0.25) is 0 Å². The summed E-state index contributed by atoms with van der Waals surface area (Å²) in [4.78, 5) is 2.30. The zero-order valence-corrected chi connectivity index (χ0v) is 13.6. The first kappa shape index (κ1) is 17.8. The Morgan fingerprint density at radius 3 is 2.48 bits per heavy atom. The van der Waals surface area contributed by atoms with Crippen LogP contribution in [-0.4, -0.2) is 52.0 Å². The average molecular weight is 296 g/mol. The zero-order chi connectivity index (χ0) is 15.7. The van der Waals surface area contributed by atoms with Gasteiger partial charge < -0.3 is 19.9 Å². The Bertz CT molecular complexity index is 413. The molecular formula is C16H28N2O3. The molecule has 1 unspecified atom stereocenters. The van der Waals surface area contributed by atoms with E-state index in [1.54, 1.807) is 14.2 Å². The van der Waals surface area contributed by atoms with Crippen molar-refractivity contribution in [3.63, 3.8) is 0 Å². The normalized spacial score (nSPS) is 12.5. The van der Waals surface area contributed by atoms with Crippen molar-refractivity contribution in [1.29, 1.82) is 0 Å². The Balaban J connectivity index is 3.01. The lowest BCUT2D eigenvalue weighted by molar-refractivity contribution is 0.0973. The van der Waals surface area contributed by atoms with E-state index in [1.165, 1.54) is 0 Å². The molecule has 2 N–H and O–H groups in total. The molecule has 0 saturated carbocycles. The molecule has 0 aliphatic heterocycles. The molecule has 1 rings (SSSR count). The fourth-order valence-corrected chi connectivity index (χ4v) is 2.51. The third kappa shape index (κ3) is 4.59. The van der Waals surface area contributed by atoms with Crippen molar-refractivity contribution in [3.8, 4) is 11.5 Å². The number of nitrogens with two attached hydrogens (primary N) is 1. The molecule has 1 aromatic rings. The van der Waals surface area contributed by atoms with E-state index in [4.69, 9.17) is 19.9 Å². The monoisotopic (exact) mass is 296 g/mol. The lowest BCUT2D eigenvalue weighted by atomic mass is 10.0. The molecule has 120 valence electrons. The van der Waals surface area contributed by atoms with Crippen LogP contribution < -0.4 is 15.2 Å². The molecule has 21 heavy (non-hydrogen) atoms. The molecule has 0 fully saturated rings. The highest BCUT2D eigenvalue weighted by Crippen LogP contribution is 2.36. The fourth-order valence-electron chi connectivity index (χ4n) is 2.51. The lowest BCUT2D eigenvalue weighted by Crippen LogP contribution is -2.36. The second-order valence-corrected chi connectivity index (χ2v) is 4.66. The number of nitrogens with zero attached hydrogens (tertiary/aromatic N) is 1. The van der Waals surface area contributed by atoms with Gasteiger partial charge in [0.25, 0.3) is 0 Å². The van der Waals surface area contributed by atoms with Crippen LogP contribution in [0.5, 0.6) is 11.5 Å². The van der Waals surface area contributed by atoms with Gasteiger partial charge in [-0.3, -0.25) is 4.90 Å². The Morgan fingerprint density at radius 1 is 1.19 bits per heavy atom. The number of rotatable bonds is 10. The van der Waals surface area contributed by atoms with Crippen molar-refractivity contribution in [2.45, 2.75) is 19.9 Å². The molecule has 1 atom stereocenters. The summed E-state index contributed by atoms with van der Waals surface area (Å²) >= 11 is 0. The van der Waals surface area contributed by atoms with E-state index in [2.05, 4.69) is 11.8 Å².